The maximum atomic E-state index is 14.5. The molecule has 1 aliphatic heterocycles. The third kappa shape index (κ3) is 3.49. The van der Waals surface area contributed by atoms with Crippen LogP contribution in [0.3, 0.4) is 0 Å². The fourth-order valence-electron chi connectivity index (χ4n) is 3.72. The van der Waals surface area contributed by atoms with Gasteiger partial charge in [0, 0.05) is 17.1 Å². The van der Waals surface area contributed by atoms with E-state index in [-0.39, 0.29) is 0 Å². The SMILES string of the molecule is CCCOc1cccc(C)c1-c1cc2cn(C3OC(CO)C(O)C3F)c(=O)nc2[nH]1. The highest BCUT2D eigenvalue weighted by molar-refractivity contribution is 5.85. The summed E-state index contributed by atoms with van der Waals surface area (Å²) in [5, 5.41) is 19.7. The van der Waals surface area contributed by atoms with E-state index in [2.05, 4.69) is 9.97 Å². The summed E-state index contributed by atoms with van der Waals surface area (Å²) in [6.07, 6.45) is -3.52. The number of alkyl halides is 1. The smallest absolute Gasteiger partial charge is 0.351 e. The number of aryl methyl sites for hydroxylation is 1. The van der Waals surface area contributed by atoms with Crippen LogP contribution in [0.15, 0.2) is 35.3 Å². The Balaban J connectivity index is 1.76. The van der Waals surface area contributed by atoms with Crippen LogP contribution in [0.5, 0.6) is 5.75 Å². The van der Waals surface area contributed by atoms with Gasteiger partial charge in [-0.3, -0.25) is 4.57 Å². The van der Waals surface area contributed by atoms with E-state index in [1.807, 2.05) is 38.1 Å². The molecule has 1 aliphatic rings. The summed E-state index contributed by atoms with van der Waals surface area (Å²) in [5.74, 6) is 0.718. The van der Waals surface area contributed by atoms with Gasteiger partial charge in [-0.15, -0.1) is 0 Å². The molecule has 9 heteroatoms. The van der Waals surface area contributed by atoms with Gasteiger partial charge >= 0.3 is 5.69 Å². The van der Waals surface area contributed by atoms with Crippen LogP contribution in [0.4, 0.5) is 4.39 Å². The van der Waals surface area contributed by atoms with Crippen LogP contribution >= 0.6 is 0 Å². The molecule has 30 heavy (non-hydrogen) atoms. The van der Waals surface area contributed by atoms with Crippen molar-refractivity contribution in [1.82, 2.24) is 14.5 Å². The van der Waals surface area contributed by atoms with E-state index in [1.54, 1.807) is 0 Å². The molecule has 0 radical (unpaired) electrons. The van der Waals surface area contributed by atoms with Crippen molar-refractivity contribution in [1.29, 1.82) is 0 Å². The molecule has 0 saturated carbocycles. The fraction of sp³-hybridized carbons (Fsp3) is 0.429. The predicted molar refractivity (Wildman–Crippen MR) is 108 cm³/mol. The topological polar surface area (TPSA) is 110 Å². The van der Waals surface area contributed by atoms with Crippen LogP contribution in [0, 0.1) is 6.92 Å². The number of nitrogens with zero attached hydrogens (tertiary/aromatic N) is 2. The first kappa shape index (κ1) is 20.5. The molecule has 1 fully saturated rings. The minimum atomic E-state index is -1.86. The van der Waals surface area contributed by atoms with Gasteiger partial charge in [-0.1, -0.05) is 19.1 Å². The van der Waals surface area contributed by atoms with Crippen molar-refractivity contribution in [3.63, 3.8) is 0 Å². The Bertz CT molecular complexity index is 1110. The molecule has 3 N–H and O–H groups in total. The van der Waals surface area contributed by atoms with Crippen molar-refractivity contribution in [2.24, 2.45) is 0 Å². The number of H-pyrrole nitrogens is 1. The van der Waals surface area contributed by atoms with E-state index in [4.69, 9.17) is 9.47 Å². The zero-order valence-electron chi connectivity index (χ0n) is 16.7. The van der Waals surface area contributed by atoms with Crippen LogP contribution in [0.1, 0.15) is 25.1 Å². The van der Waals surface area contributed by atoms with Gasteiger partial charge in [0.15, 0.2) is 12.4 Å². The second-order valence-electron chi connectivity index (χ2n) is 7.40. The maximum Gasteiger partial charge on any atom is 0.351 e. The lowest BCUT2D eigenvalue weighted by molar-refractivity contribution is -0.0489. The van der Waals surface area contributed by atoms with Crippen molar-refractivity contribution in [2.75, 3.05) is 13.2 Å². The molecule has 3 heterocycles. The number of aromatic nitrogens is 3. The van der Waals surface area contributed by atoms with Crippen LogP contribution in [-0.2, 0) is 4.74 Å². The van der Waals surface area contributed by atoms with E-state index in [0.29, 0.717) is 17.6 Å². The van der Waals surface area contributed by atoms with E-state index in [0.717, 1.165) is 33.6 Å². The minimum Gasteiger partial charge on any atom is -0.493 e. The Kier molecular flexibility index (Phi) is 5.59. The highest BCUT2D eigenvalue weighted by Crippen LogP contribution is 2.35. The van der Waals surface area contributed by atoms with Crippen LogP contribution in [0.2, 0.25) is 0 Å². The van der Waals surface area contributed by atoms with Crippen molar-refractivity contribution in [2.45, 2.75) is 44.9 Å². The molecule has 2 aromatic heterocycles. The molecule has 3 aromatic rings. The minimum absolute atomic E-state index is 0.351. The van der Waals surface area contributed by atoms with Gasteiger partial charge in [0.05, 0.1) is 18.9 Å². The number of rotatable bonds is 6. The Labute approximate surface area is 171 Å². The van der Waals surface area contributed by atoms with Gasteiger partial charge in [0.1, 0.15) is 23.6 Å². The number of hydrogen-bond donors (Lipinski definition) is 3. The summed E-state index contributed by atoms with van der Waals surface area (Å²) in [7, 11) is 0. The number of ether oxygens (including phenoxy) is 2. The van der Waals surface area contributed by atoms with Crippen LogP contribution in [0.25, 0.3) is 22.3 Å². The molecule has 1 aromatic carbocycles. The number of benzene rings is 1. The zero-order chi connectivity index (χ0) is 21.4. The van der Waals surface area contributed by atoms with E-state index in [9.17, 15) is 19.4 Å². The summed E-state index contributed by atoms with van der Waals surface area (Å²) in [5.41, 5.74) is 2.20. The molecule has 1 saturated heterocycles. The highest BCUT2D eigenvalue weighted by atomic mass is 19.1. The lowest BCUT2D eigenvalue weighted by atomic mass is 10.0. The number of aromatic amines is 1. The molecule has 4 atom stereocenters. The normalized spacial score (nSPS) is 23.9. The van der Waals surface area contributed by atoms with E-state index >= 15 is 0 Å². The molecular formula is C21H24FN3O5. The van der Waals surface area contributed by atoms with Gasteiger partial charge in [-0.05, 0) is 31.0 Å². The second-order valence-corrected chi connectivity index (χ2v) is 7.40. The number of fused-ring (bicyclic) bond motifs is 1. The Morgan fingerprint density at radius 3 is 2.90 bits per heavy atom. The van der Waals surface area contributed by atoms with Gasteiger partial charge < -0.3 is 24.7 Å². The van der Waals surface area contributed by atoms with Crippen molar-refractivity contribution in [3.05, 3.63) is 46.5 Å². The quantitative estimate of drug-likeness (QED) is 0.567. The molecule has 0 amide bonds. The van der Waals surface area contributed by atoms with E-state index < -0.39 is 36.9 Å². The summed E-state index contributed by atoms with van der Waals surface area (Å²) in [6, 6.07) is 7.56. The lowest BCUT2D eigenvalue weighted by Gasteiger charge is -2.15. The number of aliphatic hydroxyl groups excluding tert-OH is 2. The van der Waals surface area contributed by atoms with Crippen molar-refractivity contribution in [3.8, 4) is 17.0 Å². The lowest BCUT2D eigenvalue weighted by Crippen LogP contribution is -2.33. The molecule has 0 spiro atoms. The molecule has 8 nitrogen and oxygen atoms in total. The van der Waals surface area contributed by atoms with Gasteiger partial charge in [0.2, 0.25) is 0 Å². The number of hydrogen-bond acceptors (Lipinski definition) is 6. The number of nitrogens with one attached hydrogen (secondary N) is 1. The summed E-state index contributed by atoms with van der Waals surface area (Å²) in [4.78, 5) is 19.7. The highest BCUT2D eigenvalue weighted by Gasteiger charge is 2.45. The van der Waals surface area contributed by atoms with Crippen LogP contribution in [-0.4, -0.2) is 56.3 Å². The Morgan fingerprint density at radius 2 is 2.20 bits per heavy atom. The average molecular weight is 417 g/mol. The zero-order valence-corrected chi connectivity index (χ0v) is 16.7. The number of aliphatic hydroxyl groups is 2. The third-order valence-electron chi connectivity index (χ3n) is 5.25. The molecule has 0 aliphatic carbocycles. The molecule has 4 rings (SSSR count). The first-order valence-electron chi connectivity index (χ1n) is 9.87. The van der Waals surface area contributed by atoms with E-state index in [1.165, 1.54) is 6.20 Å². The summed E-state index contributed by atoms with van der Waals surface area (Å²) >= 11 is 0. The average Bonchev–Trinajstić information content (AvgIpc) is 3.26. The first-order chi connectivity index (χ1) is 14.4. The van der Waals surface area contributed by atoms with Crippen LogP contribution < -0.4 is 10.4 Å². The second kappa shape index (κ2) is 8.17. The molecular weight excluding hydrogens is 393 g/mol. The monoisotopic (exact) mass is 417 g/mol. The molecule has 0 bridgehead atoms. The predicted octanol–water partition coefficient (Wildman–Crippen LogP) is 2.08. The third-order valence-corrected chi connectivity index (χ3v) is 5.25. The van der Waals surface area contributed by atoms with Gasteiger partial charge in [-0.2, -0.15) is 4.98 Å². The van der Waals surface area contributed by atoms with Gasteiger partial charge in [-0.25, -0.2) is 9.18 Å². The summed E-state index contributed by atoms with van der Waals surface area (Å²) < 4.78 is 26.7. The molecule has 4 unspecified atom stereocenters. The standard InChI is InChI=1S/C21H24FN3O5/c1-3-7-29-14-6-4-5-11(2)16(14)13-8-12-9-25(21(28)24-19(12)23-13)20-17(22)18(27)15(10-26)30-20/h4-6,8-9,15,17-18,20,26-27H,3,7,10H2,1-2H3,(H,23,24,28). The summed E-state index contributed by atoms with van der Waals surface area (Å²) in [6.45, 7) is 4.01. The largest absolute Gasteiger partial charge is 0.493 e. The Hall–Kier alpha value is -2.75. The molecule has 160 valence electrons. The Morgan fingerprint density at radius 1 is 1.40 bits per heavy atom. The number of halogens is 1. The first-order valence-corrected chi connectivity index (χ1v) is 9.87. The maximum absolute atomic E-state index is 14.5. The fourth-order valence-corrected chi connectivity index (χ4v) is 3.72. The van der Waals surface area contributed by atoms with Crippen molar-refractivity contribution >= 4 is 11.0 Å². The van der Waals surface area contributed by atoms with Gasteiger partial charge in [0.25, 0.3) is 0 Å². The van der Waals surface area contributed by atoms with Crippen molar-refractivity contribution < 1.29 is 24.1 Å².